The molecule has 3 heterocycles. The Bertz CT molecular complexity index is 507. The highest BCUT2D eigenvalue weighted by atomic mass is 16.5. The monoisotopic (exact) mass is 244 g/mol. The minimum Gasteiger partial charge on any atom is -0.339 e. The summed E-state index contributed by atoms with van der Waals surface area (Å²) in [5.74, 6) is 2.46. The van der Waals surface area contributed by atoms with E-state index in [4.69, 9.17) is 4.52 Å². The molecule has 1 fully saturated rings. The van der Waals surface area contributed by atoms with E-state index in [9.17, 15) is 0 Å². The molecule has 0 saturated carbocycles. The van der Waals surface area contributed by atoms with Crippen molar-refractivity contribution in [3.8, 4) is 0 Å². The zero-order chi connectivity index (χ0) is 12.4. The molecule has 5 nitrogen and oxygen atoms in total. The first-order valence-electron chi connectivity index (χ1n) is 6.25. The van der Waals surface area contributed by atoms with Gasteiger partial charge in [0.25, 0.3) is 0 Å². The number of rotatable bonds is 4. The van der Waals surface area contributed by atoms with Gasteiger partial charge in [-0.1, -0.05) is 12.1 Å². The third-order valence-corrected chi connectivity index (χ3v) is 3.51. The summed E-state index contributed by atoms with van der Waals surface area (Å²) >= 11 is 0. The molecule has 0 amide bonds. The maximum Gasteiger partial charge on any atom is 0.229 e. The topological polar surface area (TPSA) is 63.8 Å². The fourth-order valence-corrected chi connectivity index (χ4v) is 2.07. The molecule has 0 radical (unpaired) electrons. The Hall–Kier alpha value is -1.75. The summed E-state index contributed by atoms with van der Waals surface area (Å²) in [6.07, 6.45) is 4.25. The Labute approximate surface area is 106 Å². The van der Waals surface area contributed by atoms with Crippen molar-refractivity contribution in [2.45, 2.75) is 19.3 Å². The maximum absolute atomic E-state index is 5.35. The molecule has 1 saturated heterocycles. The van der Waals surface area contributed by atoms with Crippen molar-refractivity contribution in [2.75, 3.05) is 13.1 Å². The molecule has 2 aromatic rings. The fraction of sp³-hybridized carbons (Fsp3) is 0.462. The molecule has 94 valence electrons. The molecule has 18 heavy (non-hydrogen) atoms. The van der Waals surface area contributed by atoms with Crippen LogP contribution in [-0.4, -0.2) is 28.2 Å². The van der Waals surface area contributed by atoms with E-state index in [0.29, 0.717) is 18.3 Å². The molecule has 1 N–H and O–H groups in total. The van der Waals surface area contributed by atoms with Gasteiger partial charge in [-0.3, -0.25) is 4.98 Å². The quantitative estimate of drug-likeness (QED) is 0.880. The van der Waals surface area contributed by atoms with Crippen LogP contribution >= 0.6 is 0 Å². The number of nitrogens with zero attached hydrogens (tertiary/aromatic N) is 3. The summed E-state index contributed by atoms with van der Waals surface area (Å²) in [4.78, 5) is 8.47. The second kappa shape index (κ2) is 4.86. The number of hydrogen-bond donors (Lipinski definition) is 1. The Morgan fingerprint density at radius 2 is 2.17 bits per heavy atom. The van der Waals surface area contributed by atoms with Gasteiger partial charge in [-0.2, -0.15) is 4.98 Å². The molecule has 1 atom stereocenters. The molecule has 1 aliphatic heterocycles. The van der Waals surface area contributed by atoms with E-state index in [0.717, 1.165) is 30.4 Å². The Kier molecular flexibility index (Phi) is 3.06. The molecule has 0 aliphatic carbocycles. The van der Waals surface area contributed by atoms with Crippen LogP contribution < -0.4 is 5.32 Å². The van der Waals surface area contributed by atoms with Gasteiger partial charge in [-0.15, -0.1) is 0 Å². The van der Waals surface area contributed by atoms with Crippen molar-refractivity contribution >= 4 is 0 Å². The van der Waals surface area contributed by atoms with E-state index in [1.54, 1.807) is 12.4 Å². The number of pyridine rings is 1. The van der Waals surface area contributed by atoms with E-state index < -0.39 is 0 Å². The lowest BCUT2D eigenvalue weighted by atomic mass is 9.89. The second-order valence-electron chi connectivity index (χ2n) is 4.79. The lowest BCUT2D eigenvalue weighted by Gasteiger charge is -2.30. The normalized spacial score (nSPS) is 17.4. The average molecular weight is 244 g/mol. The van der Waals surface area contributed by atoms with Crippen LogP contribution in [0.15, 0.2) is 29.0 Å². The highest BCUT2D eigenvalue weighted by molar-refractivity contribution is 5.15. The van der Waals surface area contributed by atoms with Gasteiger partial charge in [0.2, 0.25) is 5.89 Å². The predicted octanol–water partition coefficient (Wildman–Crippen LogP) is 1.38. The van der Waals surface area contributed by atoms with Crippen LogP contribution in [0.4, 0.5) is 0 Å². The summed E-state index contributed by atoms with van der Waals surface area (Å²) < 4.78 is 5.35. The van der Waals surface area contributed by atoms with Crippen LogP contribution in [0.25, 0.3) is 0 Å². The summed E-state index contributed by atoms with van der Waals surface area (Å²) in [6.45, 7) is 4.24. The van der Waals surface area contributed by atoms with E-state index in [-0.39, 0.29) is 0 Å². The van der Waals surface area contributed by atoms with Crippen LogP contribution in [0, 0.1) is 5.92 Å². The molecule has 0 bridgehead atoms. The third-order valence-electron chi connectivity index (χ3n) is 3.51. The van der Waals surface area contributed by atoms with Crippen molar-refractivity contribution in [2.24, 2.45) is 5.92 Å². The summed E-state index contributed by atoms with van der Waals surface area (Å²) in [6, 6.07) is 3.94. The number of hydrogen-bond acceptors (Lipinski definition) is 5. The van der Waals surface area contributed by atoms with Gasteiger partial charge < -0.3 is 9.84 Å². The van der Waals surface area contributed by atoms with Crippen LogP contribution in [0.3, 0.4) is 0 Å². The summed E-state index contributed by atoms with van der Waals surface area (Å²) in [5.41, 5.74) is 1.15. The van der Waals surface area contributed by atoms with E-state index in [1.807, 2.05) is 12.1 Å². The third kappa shape index (κ3) is 2.26. The molecule has 2 aromatic heterocycles. The predicted molar refractivity (Wildman–Crippen MR) is 66.1 cm³/mol. The zero-order valence-corrected chi connectivity index (χ0v) is 10.3. The largest absolute Gasteiger partial charge is 0.339 e. The molecular formula is C13H16N4O. The van der Waals surface area contributed by atoms with Crippen LogP contribution in [-0.2, 0) is 6.42 Å². The second-order valence-corrected chi connectivity index (χ2v) is 4.79. The van der Waals surface area contributed by atoms with E-state index in [1.165, 1.54) is 0 Å². The Morgan fingerprint density at radius 3 is 2.83 bits per heavy atom. The van der Waals surface area contributed by atoms with Gasteiger partial charge in [0.1, 0.15) is 0 Å². The summed E-state index contributed by atoms with van der Waals surface area (Å²) in [7, 11) is 0. The number of nitrogens with one attached hydrogen (secondary N) is 1. The van der Waals surface area contributed by atoms with Crippen molar-refractivity contribution in [3.63, 3.8) is 0 Å². The number of aromatic nitrogens is 3. The van der Waals surface area contributed by atoms with Crippen LogP contribution in [0.1, 0.15) is 30.1 Å². The smallest absolute Gasteiger partial charge is 0.229 e. The molecule has 1 unspecified atom stereocenters. The highest BCUT2D eigenvalue weighted by Gasteiger charge is 2.28. The molecule has 5 heteroatoms. The standard InChI is InChI=1S/C13H16N4O/c1-9(11-7-15-8-11)13-16-12(17-18-13)6-10-2-4-14-5-3-10/h2-5,9,11,15H,6-8H2,1H3. The van der Waals surface area contributed by atoms with Crippen LogP contribution in [0.5, 0.6) is 0 Å². The molecule has 3 rings (SSSR count). The molecular weight excluding hydrogens is 228 g/mol. The lowest BCUT2D eigenvalue weighted by molar-refractivity contribution is 0.252. The molecule has 0 aromatic carbocycles. The first-order valence-corrected chi connectivity index (χ1v) is 6.25. The van der Waals surface area contributed by atoms with Gasteiger partial charge in [-0.05, 0) is 36.7 Å². The fourth-order valence-electron chi connectivity index (χ4n) is 2.07. The minimum atomic E-state index is 0.338. The van der Waals surface area contributed by atoms with E-state index >= 15 is 0 Å². The molecule has 1 aliphatic rings. The van der Waals surface area contributed by atoms with Crippen molar-refractivity contribution < 1.29 is 4.52 Å². The van der Waals surface area contributed by atoms with Crippen molar-refractivity contribution in [1.82, 2.24) is 20.4 Å². The zero-order valence-electron chi connectivity index (χ0n) is 10.3. The average Bonchev–Trinajstić information content (AvgIpc) is 2.76. The lowest BCUT2D eigenvalue weighted by Crippen LogP contribution is -2.44. The van der Waals surface area contributed by atoms with E-state index in [2.05, 4.69) is 27.4 Å². The SMILES string of the molecule is CC(c1nc(Cc2ccncc2)no1)C1CNC1. The van der Waals surface area contributed by atoms with Gasteiger partial charge >= 0.3 is 0 Å². The van der Waals surface area contributed by atoms with Crippen LogP contribution in [0.2, 0.25) is 0 Å². The Morgan fingerprint density at radius 1 is 1.39 bits per heavy atom. The van der Waals surface area contributed by atoms with Crippen molar-refractivity contribution in [3.05, 3.63) is 41.8 Å². The van der Waals surface area contributed by atoms with Gasteiger partial charge in [0.15, 0.2) is 5.82 Å². The highest BCUT2D eigenvalue weighted by Crippen LogP contribution is 2.25. The van der Waals surface area contributed by atoms with Crippen molar-refractivity contribution in [1.29, 1.82) is 0 Å². The van der Waals surface area contributed by atoms with Gasteiger partial charge in [0, 0.05) is 24.7 Å². The first kappa shape index (κ1) is 11.3. The Balaban J connectivity index is 1.69. The summed E-state index contributed by atoms with van der Waals surface area (Å²) in [5, 5.41) is 7.31. The van der Waals surface area contributed by atoms with Gasteiger partial charge in [0.05, 0.1) is 0 Å². The minimum absolute atomic E-state index is 0.338. The maximum atomic E-state index is 5.35. The first-order chi connectivity index (χ1) is 8.83. The molecule has 0 spiro atoms. The van der Waals surface area contributed by atoms with Gasteiger partial charge in [-0.25, -0.2) is 0 Å².